The molecule has 5 nitrogen and oxygen atoms in total. The molecule has 7 heteroatoms. The Balaban J connectivity index is 0.00000264. The van der Waals surface area contributed by atoms with Gasteiger partial charge in [-0.3, -0.25) is 4.99 Å². The molecule has 1 atom stereocenters. The maximum Gasteiger partial charge on any atom is 0.191 e. The van der Waals surface area contributed by atoms with Crippen molar-refractivity contribution in [1.82, 2.24) is 15.6 Å². The smallest absolute Gasteiger partial charge is 0.191 e. The van der Waals surface area contributed by atoms with E-state index in [-0.39, 0.29) is 36.5 Å². The van der Waals surface area contributed by atoms with Crippen molar-refractivity contribution in [3.8, 4) is 0 Å². The van der Waals surface area contributed by atoms with E-state index in [1.807, 2.05) is 42.8 Å². The van der Waals surface area contributed by atoms with Crippen molar-refractivity contribution in [1.29, 1.82) is 0 Å². The van der Waals surface area contributed by atoms with E-state index in [9.17, 15) is 5.11 Å². The Kier molecular flexibility index (Phi) is 9.12. The number of aliphatic hydroxyl groups is 1. The second kappa shape index (κ2) is 10.6. The van der Waals surface area contributed by atoms with Gasteiger partial charge in [0.15, 0.2) is 5.96 Å². The Morgan fingerprint density at radius 1 is 1.30 bits per heavy atom. The zero-order chi connectivity index (χ0) is 15.8. The summed E-state index contributed by atoms with van der Waals surface area (Å²) in [6, 6.07) is 10.00. The summed E-state index contributed by atoms with van der Waals surface area (Å²) in [4.78, 5) is 9.65. The largest absolute Gasteiger partial charge is 0.396 e. The molecule has 0 amide bonds. The maximum atomic E-state index is 9.57. The molecule has 1 aromatic heterocycles. The van der Waals surface area contributed by atoms with E-state index in [1.54, 1.807) is 18.4 Å². The fourth-order valence-corrected chi connectivity index (χ4v) is 2.83. The highest BCUT2D eigenvalue weighted by Gasteiger charge is 2.11. The summed E-state index contributed by atoms with van der Waals surface area (Å²) in [5.41, 5.74) is 4.01. The number of aromatic nitrogens is 1. The van der Waals surface area contributed by atoms with E-state index in [0.29, 0.717) is 13.1 Å². The number of nitrogens with zero attached hydrogens (tertiary/aromatic N) is 2. The van der Waals surface area contributed by atoms with Gasteiger partial charge in [0.1, 0.15) is 0 Å². The summed E-state index contributed by atoms with van der Waals surface area (Å²) in [6.45, 7) is 3.43. The standard InChI is InChI=1S/C16H22N4OS.HI/c1-12-15(22-11-20-12)9-19-16(17-2)18-8-14(10-21)13-6-4-3-5-7-13;/h3-7,11,14,21H,8-10H2,1-2H3,(H2,17,18,19);1H. The minimum absolute atomic E-state index is 0. The maximum absolute atomic E-state index is 9.57. The van der Waals surface area contributed by atoms with Gasteiger partial charge in [-0.15, -0.1) is 35.3 Å². The van der Waals surface area contributed by atoms with Crippen LogP contribution in [-0.2, 0) is 6.54 Å². The topological polar surface area (TPSA) is 69.5 Å². The van der Waals surface area contributed by atoms with Gasteiger partial charge in [0.2, 0.25) is 0 Å². The van der Waals surface area contributed by atoms with E-state index >= 15 is 0 Å². The van der Waals surface area contributed by atoms with Crippen LogP contribution in [0.1, 0.15) is 22.1 Å². The van der Waals surface area contributed by atoms with Crippen LogP contribution in [0, 0.1) is 6.92 Å². The van der Waals surface area contributed by atoms with Crippen molar-refractivity contribution in [2.24, 2.45) is 4.99 Å². The Bertz CT molecular complexity index is 603. The summed E-state index contributed by atoms with van der Waals surface area (Å²) < 4.78 is 0. The molecular formula is C16H23IN4OS. The highest BCUT2D eigenvalue weighted by atomic mass is 127. The number of halogens is 1. The summed E-state index contributed by atoms with van der Waals surface area (Å²) in [7, 11) is 1.74. The molecule has 1 heterocycles. The van der Waals surface area contributed by atoms with Gasteiger partial charge in [0, 0.05) is 24.4 Å². The highest BCUT2D eigenvalue weighted by Crippen LogP contribution is 2.14. The average Bonchev–Trinajstić information content (AvgIpc) is 2.97. The predicted octanol–water partition coefficient (Wildman–Crippen LogP) is 2.51. The Morgan fingerprint density at radius 2 is 2.04 bits per heavy atom. The normalized spacial score (nSPS) is 12.4. The molecular weight excluding hydrogens is 423 g/mol. The van der Waals surface area contributed by atoms with E-state index < -0.39 is 0 Å². The lowest BCUT2D eigenvalue weighted by Crippen LogP contribution is -2.39. The molecule has 0 aliphatic carbocycles. The van der Waals surface area contributed by atoms with Gasteiger partial charge in [-0.25, -0.2) is 4.98 Å². The summed E-state index contributed by atoms with van der Waals surface area (Å²) in [5.74, 6) is 0.770. The second-order valence-corrected chi connectivity index (χ2v) is 5.90. The first-order valence-corrected chi connectivity index (χ1v) is 8.11. The third-order valence-corrected chi connectivity index (χ3v) is 4.43. The third kappa shape index (κ3) is 6.08. The van der Waals surface area contributed by atoms with Crippen LogP contribution in [0.25, 0.3) is 0 Å². The van der Waals surface area contributed by atoms with Crippen LogP contribution in [-0.4, -0.2) is 36.2 Å². The Morgan fingerprint density at radius 3 is 2.61 bits per heavy atom. The molecule has 2 aromatic rings. The van der Waals surface area contributed by atoms with E-state index in [0.717, 1.165) is 17.2 Å². The molecule has 3 N–H and O–H groups in total. The van der Waals surface area contributed by atoms with E-state index in [1.165, 1.54) is 4.88 Å². The second-order valence-electron chi connectivity index (χ2n) is 4.96. The average molecular weight is 446 g/mol. The van der Waals surface area contributed by atoms with Crippen LogP contribution >= 0.6 is 35.3 Å². The molecule has 2 rings (SSSR count). The van der Waals surface area contributed by atoms with Crippen LogP contribution < -0.4 is 10.6 Å². The highest BCUT2D eigenvalue weighted by molar-refractivity contribution is 14.0. The molecule has 0 spiro atoms. The number of thiazole rings is 1. The minimum atomic E-state index is 0. The van der Waals surface area contributed by atoms with Gasteiger partial charge in [0.05, 0.1) is 24.4 Å². The number of nitrogens with one attached hydrogen (secondary N) is 2. The lowest BCUT2D eigenvalue weighted by molar-refractivity contribution is 0.265. The Hall–Kier alpha value is -1.19. The van der Waals surface area contributed by atoms with Crippen LogP contribution in [0.15, 0.2) is 40.8 Å². The van der Waals surface area contributed by atoms with Crippen molar-refractivity contribution in [2.75, 3.05) is 20.2 Å². The molecule has 1 unspecified atom stereocenters. The van der Waals surface area contributed by atoms with Gasteiger partial charge in [-0.1, -0.05) is 30.3 Å². The summed E-state index contributed by atoms with van der Waals surface area (Å²) >= 11 is 1.63. The molecule has 23 heavy (non-hydrogen) atoms. The number of guanidine groups is 1. The van der Waals surface area contributed by atoms with E-state index in [2.05, 4.69) is 20.6 Å². The first kappa shape index (κ1) is 19.9. The SMILES string of the molecule is CN=C(NCc1scnc1C)NCC(CO)c1ccccc1.I. The number of aryl methyl sites for hydroxylation is 1. The van der Waals surface area contributed by atoms with Crippen molar-refractivity contribution >= 4 is 41.3 Å². The van der Waals surface area contributed by atoms with Gasteiger partial charge >= 0.3 is 0 Å². The molecule has 0 saturated heterocycles. The number of hydrogen-bond donors (Lipinski definition) is 3. The predicted molar refractivity (Wildman–Crippen MR) is 107 cm³/mol. The monoisotopic (exact) mass is 446 g/mol. The van der Waals surface area contributed by atoms with Crippen molar-refractivity contribution < 1.29 is 5.11 Å². The first-order valence-electron chi connectivity index (χ1n) is 7.24. The van der Waals surface area contributed by atoms with E-state index in [4.69, 9.17) is 0 Å². The molecule has 1 aromatic carbocycles. The number of hydrogen-bond acceptors (Lipinski definition) is 4. The quantitative estimate of drug-likeness (QED) is 0.363. The van der Waals surface area contributed by atoms with Crippen molar-refractivity contribution in [3.05, 3.63) is 52.0 Å². The first-order chi connectivity index (χ1) is 10.7. The fraction of sp³-hybridized carbons (Fsp3) is 0.375. The lowest BCUT2D eigenvalue weighted by atomic mass is 10.0. The lowest BCUT2D eigenvalue weighted by Gasteiger charge is -2.18. The molecule has 126 valence electrons. The van der Waals surface area contributed by atoms with Gasteiger partial charge < -0.3 is 15.7 Å². The van der Waals surface area contributed by atoms with Crippen LogP contribution in [0.4, 0.5) is 0 Å². The number of rotatable bonds is 6. The van der Waals surface area contributed by atoms with Gasteiger partial charge in [0.25, 0.3) is 0 Å². The van der Waals surface area contributed by atoms with Crippen LogP contribution in [0.5, 0.6) is 0 Å². The number of aliphatic hydroxyl groups excluding tert-OH is 1. The molecule has 0 aliphatic rings. The molecule has 0 saturated carbocycles. The number of aliphatic imine (C=N–C) groups is 1. The van der Waals surface area contributed by atoms with Crippen molar-refractivity contribution in [2.45, 2.75) is 19.4 Å². The zero-order valence-corrected chi connectivity index (χ0v) is 16.5. The summed E-state index contributed by atoms with van der Waals surface area (Å²) in [5, 5.41) is 16.1. The fourth-order valence-electron chi connectivity index (χ4n) is 2.11. The zero-order valence-electron chi connectivity index (χ0n) is 13.3. The molecule has 0 fully saturated rings. The summed E-state index contributed by atoms with van der Waals surface area (Å²) in [6.07, 6.45) is 0. The van der Waals surface area contributed by atoms with Crippen LogP contribution in [0.3, 0.4) is 0 Å². The minimum Gasteiger partial charge on any atom is -0.396 e. The third-order valence-electron chi connectivity index (χ3n) is 3.49. The van der Waals surface area contributed by atoms with Crippen LogP contribution in [0.2, 0.25) is 0 Å². The molecule has 0 radical (unpaired) electrons. The molecule has 0 aliphatic heterocycles. The molecule has 0 bridgehead atoms. The Labute approximate surface area is 158 Å². The van der Waals surface area contributed by atoms with Crippen molar-refractivity contribution in [3.63, 3.8) is 0 Å². The van der Waals surface area contributed by atoms with Gasteiger partial charge in [-0.2, -0.15) is 0 Å². The number of benzene rings is 1. The van der Waals surface area contributed by atoms with Gasteiger partial charge in [-0.05, 0) is 12.5 Å².